The fourth-order valence-corrected chi connectivity index (χ4v) is 4.45. The van der Waals surface area contributed by atoms with Crippen LogP contribution in [0.15, 0.2) is 59.4 Å². The minimum atomic E-state index is -0.0911. The van der Waals surface area contributed by atoms with Gasteiger partial charge in [0, 0.05) is 5.56 Å². The van der Waals surface area contributed by atoms with Crippen LogP contribution in [0.2, 0.25) is 5.15 Å². The van der Waals surface area contributed by atoms with E-state index in [4.69, 9.17) is 11.6 Å². The summed E-state index contributed by atoms with van der Waals surface area (Å²) in [5.41, 5.74) is 3.92. The summed E-state index contributed by atoms with van der Waals surface area (Å²) in [4.78, 5) is 18.2. The molecule has 0 spiro atoms. The topological polar surface area (TPSA) is 52.2 Å². The van der Waals surface area contributed by atoms with Crippen molar-refractivity contribution in [1.29, 1.82) is 0 Å². The number of benzene rings is 2. The van der Waals surface area contributed by atoms with E-state index in [1.807, 2.05) is 61.5 Å². The third-order valence-electron chi connectivity index (χ3n) is 4.47. The van der Waals surface area contributed by atoms with Gasteiger partial charge in [-0.25, -0.2) is 14.1 Å². The van der Waals surface area contributed by atoms with E-state index in [0.29, 0.717) is 14.6 Å². The molecule has 0 atom stereocenters. The summed E-state index contributed by atoms with van der Waals surface area (Å²) in [6.07, 6.45) is 1.81. The summed E-state index contributed by atoms with van der Waals surface area (Å²) >= 11 is 7.94. The van der Waals surface area contributed by atoms with Gasteiger partial charge >= 0.3 is 0 Å². The van der Waals surface area contributed by atoms with Crippen LogP contribution in [-0.4, -0.2) is 19.2 Å². The molecule has 0 fully saturated rings. The van der Waals surface area contributed by atoms with Gasteiger partial charge in [-0.3, -0.25) is 4.79 Å². The van der Waals surface area contributed by atoms with Gasteiger partial charge in [0.1, 0.15) is 5.15 Å². The standard InChI is InChI=1S/C20H13ClN4OS/c1-12-14(18(21)25(23-12)13-7-3-2-4-8-13)11-17-19(26)24-16-10-6-5-9-15(16)22-20(24)27-17/h2-11H,1H3. The van der Waals surface area contributed by atoms with E-state index >= 15 is 0 Å². The number of fused-ring (bicyclic) bond motifs is 3. The number of hydrogen-bond donors (Lipinski definition) is 0. The van der Waals surface area contributed by atoms with Crippen LogP contribution in [0, 0.1) is 6.92 Å². The van der Waals surface area contributed by atoms with Crippen LogP contribution in [0.4, 0.5) is 0 Å². The maximum atomic E-state index is 12.9. The van der Waals surface area contributed by atoms with Crippen LogP contribution in [0.25, 0.3) is 27.8 Å². The highest BCUT2D eigenvalue weighted by Crippen LogP contribution is 2.24. The van der Waals surface area contributed by atoms with Gasteiger partial charge in [-0.15, -0.1) is 0 Å². The van der Waals surface area contributed by atoms with Crippen molar-refractivity contribution in [1.82, 2.24) is 19.2 Å². The van der Waals surface area contributed by atoms with Gasteiger partial charge in [0.25, 0.3) is 5.56 Å². The molecule has 5 rings (SSSR count). The van der Waals surface area contributed by atoms with E-state index in [1.54, 1.807) is 15.2 Å². The molecule has 2 aromatic carbocycles. The van der Waals surface area contributed by atoms with Gasteiger partial charge in [0.2, 0.25) is 0 Å². The molecule has 0 aliphatic rings. The monoisotopic (exact) mass is 392 g/mol. The highest BCUT2D eigenvalue weighted by molar-refractivity contribution is 7.15. The number of para-hydroxylation sites is 3. The first-order chi connectivity index (χ1) is 13.1. The lowest BCUT2D eigenvalue weighted by Gasteiger charge is -2.01. The molecular formula is C20H13ClN4OS. The summed E-state index contributed by atoms with van der Waals surface area (Å²) < 4.78 is 3.92. The Labute approximate surface area is 162 Å². The molecule has 7 heteroatoms. The third kappa shape index (κ3) is 2.49. The number of rotatable bonds is 2. The van der Waals surface area contributed by atoms with E-state index in [9.17, 15) is 4.79 Å². The Morgan fingerprint density at radius 1 is 1.07 bits per heavy atom. The molecule has 0 saturated carbocycles. The molecule has 0 N–H and O–H groups in total. The van der Waals surface area contributed by atoms with E-state index in [0.717, 1.165) is 28.0 Å². The molecule has 27 heavy (non-hydrogen) atoms. The van der Waals surface area contributed by atoms with E-state index in [1.165, 1.54) is 11.3 Å². The number of thiazole rings is 1. The predicted molar refractivity (Wildman–Crippen MR) is 109 cm³/mol. The Morgan fingerprint density at radius 2 is 1.81 bits per heavy atom. The number of imidazole rings is 1. The molecule has 0 aliphatic carbocycles. The van der Waals surface area contributed by atoms with Crippen molar-refractivity contribution >= 4 is 45.0 Å². The first kappa shape index (κ1) is 16.2. The fraction of sp³-hybridized carbons (Fsp3) is 0.0500. The van der Waals surface area contributed by atoms with Crippen LogP contribution in [0.3, 0.4) is 0 Å². The molecule has 0 unspecified atom stereocenters. The van der Waals surface area contributed by atoms with Crippen LogP contribution in [0.5, 0.6) is 0 Å². The molecule has 0 radical (unpaired) electrons. The maximum Gasteiger partial charge on any atom is 0.274 e. The lowest BCUT2D eigenvalue weighted by Crippen LogP contribution is -2.22. The van der Waals surface area contributed by atoms with E-state index < -0.39 is 0 Å². The lowest BCUT2D eigenvalue weighted by molar-refractivity contribution is 0.863. The van der Waals surface area contributed by atoms with Crippen molar-refractivity contribution < 1.29 is 0 Å². The Hall–Kier alpha value is -2.96. The van der Waals surface area contributed by atoms with Crippen LogP contribution in [-0.2, 0) is 0 Å². The first-order valence-corrected chi connectivity index (χ1v) is 9.55. The van der Waals surface area contributed by atoms with Crippen LogP contribution < -0.4 is 10.1 Å². The first-order valence-electron chi connectivity index (χ1n) is 8.36. The summed E-state index contributed by atoms with van der Waals surface area (Å²) in [5, 5.41) is 5.01. The Kier molecular flexibility index (Phi) is 3.63. The second-order valence-corrected chi connectivity index (χ2v) is 7.54. The van der Waals surface area contributed by atoms with Gasteiger partial charge in [0.05, 0.1) is 26.9 Å². The molecule has 3 heterocycles. The second kappa shape index (κ2) is 6.04. The van der Waals surface area contributed by atoms with Crippen molar-refractivity contribution in [3.63, 3.8) is 0 Å². The zero-order valence-corrected chi connectivity index (χ0v) is 15.8. The summed E-state index contributed by atoms with van der Waals surface area (Å²) in [7, 11) is 0. The molecule has 0 amide bonds. The fourth-order valence-electron chi connectivity index (χ4n) is 3.16. The number of aryl methyl sites for hydroxylation is 1. The average molecular weight is 393 g/mol. The van der Waals surface area contributed by atoms with Crippen LogP contribution >= 0.6 is 22.9 Å². The number of halogens is 1. The quantitative estimate of drug-likeness (QED) is 0.461. The van der Waals surface area contributed by atoms with Gasteiger partial charge in [0.15, 0.2) is 4.96 Å². The maximum absolute atomic E-state index is 12.9. The zero-order chi connectivity index (χ0) is 18.5. The largest absolute Gasteiger partial charge is 0.274 e. The van der Waals surface area contributed by atoms with Gasteiger partial charge in [-0.2, -0.15) is 5.10 Å². The average Bonchev–Trinajstić information content (AvgIpc) is 3.29. The third-order valence-corrected chi connectivity index (χ3v) is 5.80. The molecule has 5 aromatic rings. The predicted octanol–water partition coefficient (Wildman–Crippen LogP) is 3.60. The van der Waals surface area contributed by atoms with Crippen molar-refractivity contribution in [2.24, 2.45) is 0 Å². The lowest BCUT2D eigenvalue weighted by atomic mass is 10.2. The highest BCUT2D eigenvalue weighted by Gasteiger charge is 2.15. The minimum absolute atomic E-state index is 0.0911. The summed E-state index contributed by atoms with van der Waals surface area (Å²) in [6.45, 7) is 1.88. The summed E-state index contributed by atoms with van der Waals surface area (Å²) in [5.74, 6) is 0. The molecule has 132 valence electrons. The molecule has 3 aromatic heterocycles. The highest BCUT2D eigenvalue weighted by atomic mass is 35.5. The van der Waals surface area contributed by atoms with E-state index in [2.05, 4.69) is 10.1 Å². The van der Waals surface area contributed by atoms with Crippen molar-refractivity contribution in [2.45, 2.75) is 6.92 Å². The minimum Gasteiger partial charge on any atom is -0.267 e. The van der Waals surface area contributed by atoms with Crippen molar-refractivity contribution in [3.8, 4) is 5.69 Å². The molecule has 0 saturated heterocycles. The van der Waals surface area contributed by atoms with Crippen molar-refractivity contribution in [2.75, 3.05) is 0 Å². The molecule has 5 nitrogen and oxygen atoms in total. The summed E-state index contributed by atoms with van der Waals surface area (Å²) in [6, 6.07) is 17.3. The van der Waals surface area contributed by atoms with Gasteiger partial charge in [-0.05, 0) is 37.3 Å². The van der Waals surface area contributed by atoms with Crippen molar-refractivity contribution in [3.05, 3.63) is 85.9 Å². The molecule has 0 aliphatic heterocycles. The normalized spacial score (nSPS) is 12.4. The van der Waals surface area contributed by atoms with Gasteiger partial charge < -0.3 is 0 Å². The Morgan fingerprint density at radius 3 is 2.63 bits per heavy atom. The number of hydrogen-bond acceptors (Lipinski definition) is 4. The van der Waals surface area contributed by atoms with Gasteiger partial charge in [-0.1, -0.05) is 53.3 Å². The number of nitrogens with zero attached hydrogens (tertiary/aromatic N) is 4. The number of aromatic nitrogens is 4. The van der Waals surface area contributed by atoms with E-state index in [-0.39, 0.29) is 5.56 Å². The SMILES string of the molecule is Cc1nn(-c2ccccc2)c(Cl)c1C=c1sc2nc3ccccc3n2c1=O. The Bertz CT molecular complexity index is 1420. The Balaban J connectivity index is 1.73. The molecule has 0 bridgehead atoms. The zero-order valence-electron chi connectivity index (χ0n) is 14.3. The second-order valence-electron chi connectivity index (χ2n) is 6.17. The smallest absolute Gasteiger partial charge is 0.267 e. The molecular weight excluding hydrogens is 380 g/mol. The van der Waals surface area contributed by atoms with Crippen LogP contribution in [0.1, 0.15) is 11.3 Å².